The Morgan fingerprint density at radius 2 is 1.86 bits per heavy atom. The monoisotopic (exact) mass is 201 g/mol. The van der Waals surface area contributed by atoms with Gasteiger partial charge in [-0.05, 0) is 12.3 Å². The lowest BCUT2D eigenvalue weighted by atomic mass is 10.0. The number of nitrogens with two attached hydrogens (primary N) is 1. The quantitative estimate of drug-likeness (QED) is 0.582. The van der Waals surface area contributed by atoms with Gasteiger partial charge in [0.05, 0.1) is 12.7 Å². The highest BCUT2D eigenvalue weighted by molar-refractivity contribution is 4.62. The third kappa shape index (κ3) is 7.34. The van der Waals surface area contributed by atoms with Gasteiger partial charge < -0.3 is 10.5 Å². The molecule has 0 aliphatic rings. The molecule has 14 heavy (non-hydrogen) atoms. The Hall–Kier alpha value is -0.0800. The summed E-state index contributed by atoms with van der Waals surface area (Å²) in [7, 11) is 0. The van der Waals surface area contributed by atoms with E-state index in [1.807, 2.05) is 0 Å². The smallest absolute Gasteiger partial charge is 0.0598 e. The molecule has 0 aromatic carbocycles. The van der Waals surface area contributed by atoms with Crippen molar-refractivity contribution >= 4 is 0 Å². The summed E-state index contributed by atoms with van der Waals surface area (Å²) in [6.45, 7) is 8.03. The van der Waals surface area contributed by atoms with Crippen molar-refractivity contribution in [2.24, 2.45) is 11.7 Å². The minimum Gasteiger partial charge on any atom is -0.377 e. The zero-order valence-corrected chi connectivity index (χ0v) is 10.1. The van der Waals surface area contributed by atoms with Crippen LogP contribution in [0.5, 0.6) is 0 Å². The van der Waals surface area contributed by atoms with Gasteiger partial charge in [0, 0.05) is 6.54 Å². The van der Waals surface area contributed by atoms with E-state index in [0.29, 0.717) is 25.2 Å². The molecule has 0 bridgehead atoms. The van der Waals surface area contributed by atoms with Crippen LogP contribution in [0.25, 0.3) is 0 Å². The fourth-order valence-corrected chi connectivity index (χ4v) is 1.60. The van der Waals surface area contributed by atoms with Gasteiger partial charge in [-0.1, -0.05) is 46.5 Å². The van der Waals surface area contributed by atoms with Gasteiger partial charge in [-0.15, -0.1) is 0 Å². The van der Waals surface area contributed by atoms with E-state index in [4.69, 9.17) is 10.5 Å². The van der Waals surface area contributed by atoms with Gasteiger partial charge in [-0.25, -0.2) is 0 Å². The van der Waals surface area contributed by atoms with Crippen LogP contribution in [0.1, 0.15) is 52.9 Å². The fraction of sp³-hybridized carbons (Fsp3) is 1.00. The lowest BCUT2D eigenvalue weighted by molar-refractivity contribution is 0.0198. The van der Waals surface area contributed by atoms with Crippen LogP contribution in [-0.2, 0) is 4.74 Å². The zero-order chi connectivity index (χ0) is 10.8. The normalized spacial score (nSPS) is 13.5. The minimum atomic E-state index is 0.412. The minimum absolute atomic E-state index is 0.412. The van der Waals surface area contributed by atoms with Gasteiger partial charge in [0.15, 0.2) is 0 Å². The molecule has 1 atom stereocenters. The Kier molecular flexibility index (Phi) is 9.42. The van der Waals surface area contributed by atoms with Crippen molar-refractivity contribution in [2.75, 3.05) is 13.2 Å². The maximum atomic E-state index is 5.71. The summed E-state index contributed by atoms with van der Waals surface area (Å²) in [5.74, 6) is 0.614. The van der Waals surface area contributed by atoms with Crippen molar-refractivity contribution in [1.82, 2.24) is 0 Å². The molecule has 0 aliphatic heterocycles. The van der Waals surface area contributed by atoms with E-state index in [-0.39, 0.29) is 0 Å². The van der Waals surface area contributed by atoms with Gasteiger partial charge in [0.2, 0.25) is 0 Å². The zero-order valence-electron chi connectivity index (χ0n) is 10.1. The molecule has 0 radical (unpaired) electrons. The van der Waals surface area contributed by atoms with E-state index in [1.54, 1.807) is 0 Å². The first kappa shape index (κ1) is 13.9. The summed E-state index contributed by atoms with van der Waals surface area (Å²) in [6.07, 6.45) is 6.89. The number of rotatable bonds is 9. The van der Waals surface area contributed by atoms with E-state index in [2.05, 4.69) is 20.8 Å². The molecule has 0 heterocycles. The van der Waals surface area contributed by atoms with Crippen LogP contribution in [0.15, 0.2) is 0 Å². The van der Waals surface area contributed by atoms with Gasteiger partial charge in [0.1, 0.15) is 0 Å². The molecule has 86 valence electrons. The Bertz CT molecular complexity index is 115. The maximum absolute atomic E-state index is 5.71. The van der Waals surface area contributed by atoms with Gasteiger partial charge in [-0.3, -0.25) is 0 Å². The Morgan fingerprint density at radius 1 is 1.14 bits per heavy atom. The van der Waals surface area contributed by atoms with E-state index >= 15 is 0 Å². The first-order valence-corrected chi connectivity index (χ1v) is 6.04. The topological polar surface area (TPSA) is 35.2 Å². The molecule has 0 saturated heterocycles. The van der Waals surface area contributed by atoms with Crippen molar-refractivity contribution in [3.05, 3.63) is 0 Å². The molecular weight excluding hydrogens is 174 g/mol. The van der Waals surface area contributed by atoms with Crippen LogP contribution in [0.3, 0.4) is 0 Å². The van der Waals surface area contributed by atoms with Crippen LogP contribution >= 0.6 is 0 Å². The van der Waals surface area contributed by atoms with Gasteiger partial charge >= 0.3 is 0 Å². The summed E-state index contributed by atoms with van der Waals surface area (Å²) >= 11 is 0. The largest absolute Gasteiger partial charge is 0.377 e. The highest BCUT2D eigenvalue weighted by Gasteiger charge is 2.12. The average Bonchev–Trinajstić information content (AvgIpc) is 2.16. The summed E-state index contributed by atoms with van der Waals surface area (Å²) in [5, 5.41) is 0. The third-order valence-electron chi connectivity index (χ3n) is 2.54. The Balaban J connectivity index is 3.52. The van der Waals surface area contributed by atoms with Gasteiger partial charge in [0.25, 0.3) is 0 Å². The third-order valence-corrected chi connectivity index (χ3v) is 2.54. The predicted molar refractivity (Wildman–Crippen MR) is 62.4 cm³/mol. The summed E-state index contributed by atoms with van der Waals surface area (Å²) in [6, 6.07) is 0. The molecule has 0 fully saturated rings. The maximum Gasteiger partial charge on any atom is 0.0598 e. The molecule has 2 nitrogen and oxygen atoms in total. The van der Waals surface area contributed by atoms with Crippen molar-refractivity contribution in [3.8, 4) is 0 Å². The van der Waals surface area contributed by atoms with Gasteiger partial charge in [-0.2, -0.15) is 0 Å². The highest BCUT2D eigenvalue weighted by Crippen LogP contribution is 2.15. The molecule has 2 heteroatoms. The van der Waals surface area contributed by atoms with Crippen molar-refractivity contribution < 1.29 is 4.74 Å². The summed E-state index contributed by atoms with van der Waals surface area (Å²) in [4.78, 5) is 0. The van der Waals surface area contributed by atoms with Crippen LogP contribution in [0.2, 0.25) is 0 Å². The second-order valence-corrected chi connectivity index (χ2v) is 4.29. The van der Waals surface area contributed by atoms with Crippen LogP contribution < -0.4 is 5.73 Å². The molecule has 1 unspecified atom stereocenters. The molecule has 0 rings (SSSR count). The highest BCUT2D eigenvalue weighted by atomic mass is 16.5. The standard InChI is InChI=1S/C12H27NO/c1-4-5-6-7-8-12(11(2)3)14-10-9-13/h11-12H,4-10,13H2,1-3H3. The molecule has 0 saturated carbocycles. The number of hydrogen-bond acceptors (Lipinski definition) is 2. The van der Waals surface area contributed by atoms with Crippen molar-refractivity contribution in [1.29, 1.82) is 0 Å². The Labute approximate surface area is 89.2 Å². The van der Waals surface area contributed by atoms with Crippen LogP contribution in [0.4, 0.5) is 0 Å². The first-order chi connectivity index (χ1) is 6.72. The molecule has 0 amide bonds. The summed E-state index contributed by atoms with van der Waals surface area (Å²) in [5.41, 5.74) is 5.43. The lowest BCUT2D eigenvalue weighted by Crippen LogP contribution is -2.23. The van der Waals surface area contributed by atoms with Crippen LogP contribution in [-0.4, -0.2) is 19.3 Å². The van der Waals surface area contributed by atoms with Crippen molar-refractivity contribution in [3.63, 3.8) is 0 Å². The molecule has 0 aromatic heterocycles. The van der Waals surface area contributed by atoms with Crippen molar-refractivity contribution in [2.45, 2.75) is 59.0 Å². The number of unbranched alkanes of at least 4 members (excludes halogenated alkanes) is 3. The lowest BCUT2D eigenvalue weighted by Gasteiger charge is -2.21. The number of hydrogen-bond donors (Lipinski definition) is 1. The predicted octanol–water partition coefficient (Wildman–Crippen LogP) is 2.96. The SMILES string of the molecule is CCCCCCC(OCCN)C(C)C. The van der Waals surface area contributed by atoms with Crippen LogP contribution in [0, 0.1) is 5.92 Å². The Morgan fingerprint density at radius 3 is 2.36 bits per heavy atom. The van der Waals surface area contributed by atoms with E-state index in [1.165, 1.54) is 32.1 Å². The first-order valence-electron chi connectivity index (χ1n) is 6.04. The second kappa shape index (κ2) is 9.47. The molecular formula is C12H27NO. The molecule has 0 aromatic rings. The average molecular weight is 201 g/mol. The second-order valence-electron chi connectivity index (χ2n) is 4.29. The number of ether oxygens (including phenoxy) is 1. The fourth-order valence-electron chi connectivity index (χ4n) is 1.60. The van der Waals surface area contributed by atoms with E-state index in [0.717, 1.165) is 0 Å². The molecule has 0 spiro atoms. The molecule has 0 aliphatic carbocycles. The summed E-state index contributed by atoms with van der Waals surface area (Å²) < 4.78 is 5.71. The van der Waals surface area contributed by atoms with E-state index < -0.39 is 0 Å². The van der Waals surface area contributed by atoms with E-state index in [9.17, 15) is 0 Å². The molecule has 2 N–H and O–H groups in total.